The lowest BCUT2D eigenvalue weighted by Crippen LogP contribution is -2.26. The zero-order chi connectivity index (χ0) is 15.4. The van der Waals surface area contributed by atoms with Gasteiger partial charge in [0.15, 0.2) is 0 Å². The number of hydrogen-bond donors (Lipinski definition) is 3. The number of amides is 2. The van der Waals surface area contributed by atoms with E-state index < -0.39 is 5.97 Å². The van der Waals surface area contributed by atoms with Crippen LogP contribution in [-0.4, -0.2) is 29.4 Å². The van der Waals surface area contributed by atoms with E-state index in [-0.39, 0.29) is 30.7 Å². The van der Waals surface area contributed by atoms with Crippen molar-refractivity contribution in [2.45, 2.75) is 19.8 Å². The first-order valence-electron chi connectivity index (χ1n) is 6.88. The number of carbonyl (C=O) groups excluding carboxylic acids is 2. The molecule has 0 bridgehead atoms. The molecule has 2 rings (SSSR count). The molecule has 112 valence electrons. The Morgan fingerprint density at radius 1 is 1.33 bits per heavy atom. The number of anilines is 1. The number of benzene rings is 1. The number of aliphatic carboxylic acids is 1. The molecular formula is C15H18N2O4. The van der Waals surface area contributed by atoms with E-state index in [0.717, 1.165) is 6.42 Å². The average Bonchev–Trinajstić information content (AvgIpc) is 3.16. The maximum absolute atomic E-state index is 11.8. The molecule has 1 aliphatic carbocycles. The Morgan fingerprint density at radius 3 is 2.67 bits per heavy atom. The first kappa shape index (κ1) is 15.0. The van der Waals surface area contributed by atoms with Crippen LogP contribution in [0.2, 0.25) is 0 Å². The third kappa shape index (κ3) is 4.30. The maximum Gasteiger partial charge on any atom is 0.305 e. The summed E-state index contributed by atoms with van der Waals surface area (Å²) in [4.78, 5) is 34.1. The van der Waals surface area contributed by atoms with E-state index >= 15 is 0 Å². The summed E-state index contributed by atoms with van der Waals surface area (Å²) in [5, 5.41) is 13.8. The Morgan fingerprint density at radius 2 is 2.05 bits per heavy atom. The van der Waals surface area contributed by atoms with Gasteiger partial charge in [0.05, 0.1) is 6.42 Å². The Bertz CT molecular complexity index is 571. The summed E-state index contributed by atoms with van der Waals surface area (Å²) in [6.45, 7) is 2.10. The third-order valence-corrected chi connectivity index (χ3v) is 3.46. The van der Waals surface area contributed by atoms with Gasteiger partial charge >= 0.3 is 5.97 Å². The maximum atomic E-state index is 11.8. The summed E-state index contributed by atoms with van der Waals surface area (Å²) in [7, 11) is 0. The van der Waals surface area contributed by atoms with E-state index in [1.807, 2.05) is 6.92 Å². The van der Waals surface area contributed by atoms with Crippen molar-refractivity contribution < 1.29 is 19.5 Å². The highest BCUT2D eigenvalue weighted by atomic mass is 16.4. The normalized spacial score (nSPS) is 19.7. The summed E-state index contributed by atoms with van der Waals surface area (Å²) >= 11 is 0. The average molecular weight is 290 g/mol. The molecular weight excluding hydrogens is 272 g/mol. The molecule has 6 heteroatoms. The van der Waals surface area contributed by atoms with E-state index in [1.165, 1.54) is 0 Å². The first-order chi connectivity index (χ1) is 9.97. The topological polar surface area (TPSA) is 95.5 Å². The molecule has 2 amide bonds. The molecule has 21 heavy (non-hydrogen) atoms. The van der Waals surface area contributed by atoms with E-state index in [4.69, 9.17) is 5.11 Å². The SMILES string of the molecule is CC1CC1C(=O)Nc1cccc(C(=O)NCCC(=O)O)c1. The minimum atomic E-state index is -0.963. The van der Waals surface area contributed by atoms with Gasteiger partial charge in [-0.2, -0.15) is 0 Å². The number of rotatable bonds is 6. The van der Waals surface area contributed by atoms with Gasteiger partial charge in [0, 0.05) is 23.7 Å². The van der Waals surface area contributed by atoms with Crippen LogP contribution >= 0.6 is 0 Å². The van der Waals surface area contributed by atoms with Crippen LogP contribution in [0.5, 0.6) is 0 Å². The molecule has 1 aromatic carbocycles. The van der Waals surface area contributed by atoms with Crippen LogP contribution in [0.4, 0.5) is 5.69 Å². The van der Waals surface area contributed by atoms with Gasteiger partial charge in [0.25, 0.3) is 5.91 Å². The lowest BCUT2D eigenvalue weighted by Gasteiger charge is -2.07. The zero-order valence-corrected chi connectivity index (χ0v) is 11.8. The van der Waals surface area contributed by atoms with Gasteiger partial charge in [-0.25, -0.2) is 0 Å². The molecule has 3 N–H and O–H groups in total. The number of carbonyl (C=O) groups is 3. The van der Waals surface area contributed by atoms with Crippen LogP contribution in [0.1, 0.15) is 30.1 Å². The summed E-state index contributed by atoms with van der Waals surface area (Å²) in [6, 6.07) is 6.60. The summed E-state index contributed by atoms with van der Waals surface area (Å²) < 4.78 is 0. The van der Waals surface area contributed by atoms with Crippen molar-refractivity contribution in [3.05, 3.63) is 29.8 Å². The first-order valence-corrected chi connectivity index (χ1v) is 6.88. The second-order valence-electron chi connectivity index (χ2n) is 5.29. The molecule has 2 atom stereocenters. The van der Waals surface area contributed by atoms with Gasteiger partial charge in [0.1, 0.15) is 0 Å². The van der Waals surface area contributed by atoms with Gasteiger partial charge in [-0.15, -0.1) is 0 Å². The van der Waals surface area contributed by atoms with Crippen LogP contribution in [0.3, 0.4) is 0 Å². The number of carboxylic acid groups (broad SMARTS) is 1. The Labute approximate surface area is 122 Å². The van der Waals surface area contributed by atoms with Crippen LogP contribution in [0, 0.1) is 11.8 Å². The molecule has 1 aliphatic rings. The molecule has 0 aliphatic heterocycles. The number of hydrogen-bond acceptors (Lipinski definition) is 3. The second kappa shape index (κ2) is 6.39. The fourth-order valence-electron chi connectivity index (χ4n) is 2.05. The fraction of sp³-hybridized carbons (Fsp3) is 0.400. The molecule has 1 aromatic rings. The smallest absolute Gasteiger partial charge is 0.305 e. The van der Waals surface area contributed by atoms with E-state index in [2.05, 4.69) is 10.6 Å². The van der Waals surface area contributed by atoms with Crippen LogP contribution in [-0.2, 0) is 9.59 Å². The number of nitrogens with one attached hydrogen (secondary N) is 2. The van der Waals surface area contributed by atoms with Gasteiger partial charge < -0.3 is 15.7 Å². The largest absolute Gasteiger partial charge is 0.481 e. The highest BCUT2D eigenvalue weighted by molar-refractivity contribution is 5.98. The predicted octanol–water partition coefficient (Wildman–Crippen LogP) is 1.49. The number of carboxylic acids is 1. The lowest BCUT2D eigenvalue weighted by atomic mass is 10.2. The van der Waals surface area contributed by atoms with Gasteiger partial charge in [-0.1, -0.05) is 13.0 Å². The lowest BCUT2D eigenvalue weighted by molar-refractivity contribution is -0.136. The quantitative estimate of drug-likeness (QED) is 0.739. The molecule has 0 heterocycles. The summed E-state index contributed by atoms with van der Waals surface area (Å²) in [6.07, 6.45) is 0.781. The molecule has 0 radical (unpaired) electrons. The fourth-order valence-corrected chi connectivity index (χ4v) is 2.05. The monoisotopic (exact) mass is 290 g/mol. The summed E-state index contributed by atoms with van der Waals surface area (Å²) in [5.74, 6) is -0.849. The summed E-state index contributed by atoms with van der Waals surface area (Å²) in [5.41, 5.74) is 0.965. The van der Waals surface area contributed by atoms with E-state index in [9.17, 15) is 14.4 Å². The Hall–Kier alpha value is -2.37. The van der Waals surface area contributed by atoms with Gasteiger partial charge in [-0.05, 0) is 30.5 Å². The van der Waals surface area contributed by atoms with Crippen molar-refractivity contribution >= 4 is 23.5 Å². The van der Waals surface area contributed by atoms with Crippen molar-refractivity contribution in [3.63, 3.8) is 0 Å². The van der Waals surface area contributed by atoms with Crippen LogP contribution in [0.15, 0.2) is 24.3 Å². The van der Waals surface area contributed by atoms with Gasteiger partial charge in [0.2, 0.25) is 5.91 Å². The van der Waals surface area contributed by atoms with Gasteiger partial charge in [-0.3, -0.25) is 14.4 Å². The van der Waals surface area contributed by atoms with E-state index in [1.54, 1.807) is 24.3 Å². The van der Waals surface area contributed by atoms with Crippen LogP contribution < -0.4 is 10.6 Å². The molecule has 0 spiro atoms. The van der Waals surface area contributed by atoms with Crippen molar-refractivity contribution in [1.82, 2.24) is 5.32 Å². The molecule has 1 fully saturated rings. The van der Waals surface area contributed by atoms with E-state index in [0.29, 0.717) is 17.2 Å². The van der Waals surface area contributed by atoms with Crippen molar-refractivity contribution in [1.29, 1.82) is 0 Å². The molecule has 1 saturated carbocycles. The van der Waals surface area contributed by atoms with Crippen LogP contribution in [0.25, 0.3) is 0 Å². The second-order valence-corrected chi connectivity index (χ2v) is 5.29. The Kier molecular flexibility index (Phi) is 4.57. The van der Waals surface area contributed by atoms with Crippen molar-refractivity contribution in [2.24, 2.45) is 11.8 Å². The minimum Gasteiger partial charge on any atom is -0.481 e. The third-order valence-electron chi connectivity index (χ3n) is 3.46. The molecule has 0 saturated heterocycles. The molecule has 0 aromatic heterocycles. The zero-order valence-electron chi connectivity index (χ0n) is 11.8. The minimum absolute atomic E-state index is 0.0223. The molecule has 6 nitrogen and oxygen atoms in total. The predicted molar refractivity (Wildman–Crippen MR) is 76.9 cm³/mol. The highest BCUT2D eigenvalue weighted by Gasteiger charge is 2.39. The van der Waals surface area contributed by atoms with Crippen molar-refractivity contribution in [3.8, 4) is 0 Å². The standard InChI is InChI=1S/C15H18N2O4/c1-9-7-12(9)15(21)17-11-4-2-3-10(8-11)14(20)16-6-5-13(18)19/h2-4,8-9,12H,5-7H2,1H3,(H,16,20)(H,17,21)(H,18,19). The highest BCUT2D eigenvalue weighted by Crippen LogP contribution is 2.38. The molecule has 2 unspecified atom stereocenters. The Balaban J connectivity index is 1.92. The van der Waals surface area contributed by atoms with Crippen molar-refractivity contribution in [2.75, 3.05) is 11.9 Å².